The van der Waals surface area contributed by atoms with Gasteiger partial charge in [-0.25, -0.2) is 0 Å². The van der Waals surface area contributed by atoms with Crippen molar-refractivity contribution in [2.45, 2.75) is 198 Å². The van der Waals surface area contributed by atoms with Gasteiger partial charge in [-0.3, -0.25) is 0 Å². The molecule has 4 unspecified atom stereocenters. The first-order valence-electron chi connectivity index (χ1n) is 19.2. The molecule has 2 aromatic rings. The molecule has 0 saturated heterocycles. The molecule has 1 saturated carbocycles. The summed E-state index contributed by atoms with van der Waals surface area (Å²) in [7, 11) is -0.142. The van der Waals surface area contributed by atoms with E-state index in [0.717, 1.165) is 35.8 Å². The Morgan fingerprint density at radius 2 is 0.959 bits per heavy atom. The maximum absolute atomic E-state index is 7.34. The van der Waals surface area contributed by atoms with Crippen LogP contribution < -0.4 is 9.47 Å². The highest BCUT2D eigenvalue weighted by atomic mass is 32.2. The number of fused-ring (bicyclic) bond motifs is 3. The lowest BCUT2D eigenvalue weighted by molar-refractivity contribution is -0.0838. The van der Waals surface area contributed by atoms with Gasteiger partial charge in [0, 0.05) is 58.1 Å². The lowest BCUT2D eigenvalue weighted by Crippen LogP contribution is -2.38. The van der Waals surface area contributed by atoms with Crippen molar-refractivity contribution >= 4 is 32.7 Å². The third-order valence-corrected chi connectivity index (χ3v) is 16.0. The summed E-state index contributed by atoms with van der Waals surface area (Å²) in [6.45, 7) is 32.4. The van der Waals surface area contributed by atoms with Crippen molar-refractivity contribution in [1.29, 1.82) is 0 Å². The highest BCUT2D eigenvalue weighted by Crippen LogP contribution is 2.50. The minimum atomic E-state index is -0.900. The standard InChI is InChI=1S/C45H72O2S2/c1-17-43(9,10)35-27-33(41(3,4)5)25-31-29-48(15)37-23-21-19-20-22-24-38(37)49(16)30-32-26-34(42(6,7)8)28-36(44(11,12)18-2)40(32)47-45(13,14)46-39(31)35/h25-28,37-38H,15-24,29-30H2,1-14H3. The van der Waals surface area contributed by atoms with Crippen molar-refractivity contribution in [3.63, 3.8) is 0 Å². The SMILES string of the molecule is C=S1Cc2cc(C(C)(C)C)cc(C(C)(C)CC)c2OC(C)(C)Oc2c(cc(C(C)(C)C)cc2C(C)(C)CC)CS(=C)C2CCCCCCC21. The summed E-state index contributed by atoms with van der Waals surface area (Å²) < 4.78 is 14.7. The molecule has 4 atom stereocenters. The van der Waals surface area contributed by atoms with Crippen LogP contribution in [0.2, 0.25) is 0 Å². The quantitative estimate of drug-likeness (QED) is 0.294. The van der Waals surface area contributed by atoms with Crippen LogP contribution in [0.5, 0.6) is 11.5 Å². The van der Waals surface area contributed by atoms with E-state index in [9.17, 15) is 0 Å². The van der Waals surface area contributed by atoms with Gasteiger partial charge in [-0.1, -0.05) is 145 Å². The minimum Gasteiger partial charge on any atom is -0.452 e. The van der Waals surface area contributed by atoms with E-state index < -0.39 is 5.79 Å². The zero-order valence-electron chi connectivity index (χ0n) is 34.1. The molecule has 0 bridgehead atoms. The van der Waals surface area contributed by atoms with Gasteiger partial charge in [0.05, 0.1) is 0 Å². The van der Waals surface area contributed by atoms with Crippen LogP contribution in [0.4, 0.5) is 0 Å². The second-order valence-corrected chi connectivity index (χ2v) is 23.0. The van der Waals surface area contributed by atoms with Crippen molar-refractivity contribution in [2.24, 2.45) is 0 Å². The fourth-order valence-corrected chi connectivity index (χ4v) is 12.1. The monoisotopic (exact) mass is 708 g/mol. The van der Waals surface area contributed by atoms with E-state index in [0.29, 0.717) is 10.5 Å². The summed E-state index contributed by atoms with van der Waals surface area (Å²) in [6, 6.07) is 9.81. The van der Waals surface area contributed by atoms with E-state index >= 15 is 0 Å². The average molecular weight is 709 g/mol. The van der Waals surface area contributed by atoms with Crippen molar-refractivity contribution in [2.75, 3.05) is 0 Å². The van der Waals surface area contributed by atoms with Crippen molar-refractivity contribution < 1.29 is 9.47 Å². The number of hydrogen-bond acceptors (Lipinski definition) is 2. The number of ether oxygens (including phenoxy) is 2. The van der Waals surface area contributed by atoms with E-state index in [4.69, 9.17) is 21.2 Å². The van der Waals surface area contributed by atoms with Gasteiger partial charge in [-0.15, -0.1) is 0 Å². The van der Waals surface area contributed by atoms with E-state index in [2.05, 4.69) is 121 Å². The first kappa shape index (κ1) is 40.3. The molecule has 0 aromatic heterocycles. The molecule has 0 spiro atoms. The predicted molar refractivity (Wildman–Crippen MR) is 224 cm³/mol. The van der Waals surface area contributed by atoms with Gasteiger partial charge in [-0.2, -0.15) is 21.0 Å². The highest BCUT2D eigenvalue weighted by molar-refractivity contribution is 8.17. The van der Waals surface area contributed by atoms with Gasteiger partial charge in [0.15, 0.2) is 0 Å². The summed E-state index contributed by atoms with van der Waals surface area (Å²) in [6.07, 6.45) is 9.82. The van der Waals surface area contributed by atoms with Crippen LogP contribution in [0.3, 0.4) is 0 Å². The first-order chi connectivity index (χ1) is 22.5. The Morgan fingerprint density at radius 3 is 1.27 bits per heavy atom. The molecule has 1 fully saturated rings. The molecule has 4 rings (SSSR count). The van der Waals surface area contributed by atoms with E-state index in [-0.39, 0.29) is 42.6 Å². The molecule has 2 nitrogen and oxygen atoms in total. The normalized spacial score (nSPS) is 24.3. The smallest absolute Gasteiger partial charge is 0.245 e. The fraction of sp³-hybridized carbons (Fsp3) is 0.689. The number of rotatable bonds is 4. The summed E-state index contributed by atoms with van der Waals surface area (Å²) in [5.74, 6) is 13.1. The largest absolute Gasteiger partial charge is 0.452 e. The predicted octanol–water partition coefficient (Wildman–Crippen LogP) is 13.4. The third kappa shape index (κ3) is 9.29. The molecule has 1 heterocycles. The molecule has 0 N–H and O–H groups in total. The zero-order chi connectivity index (χ0) is 36.7. The van der Waals surface area contributed by atoms with Crippen molar-refractivity contribution in [3.05, 3.63) is 57.6 Å². The molecule has 49 heavy (non-hydrogen) atoms. The maximum atomic E-state index is 7.34. The minimum absolute atomic E-state index is 0.0213. The topological polar surface area (TPSA) is 18.5 Å². The Bertz CT molecular complexity index is 1410. The lowest BCUT2D eigenvalue weighted by atomic mass is 9.76. The summed E-state index contributed by atoms with van der Waals surface area (Å²) >= 11 is 0. The Hall–Kier alpha value is -1.52. The van der Waals surface area contributed by atoms with Crippen molar-refractivity contribution in [3.8, 4) is 11.5 Å². The van der Waals surface area contributed by atoms with Gasteiger partial charge in [-0.05, 0) is 58.5 Å². The fourth-order valence-electron chi connectivity index (χ4n) is 7.39. The zero-order valence-corrected chi connectivity index (χ0v) is 35.7. The number of benzene rings is 2. The molecule has 4 heteroatoms. The molecule has 0 radical (unpaired) electrons. The Morgan fingerprint density at radius 1 is 0.612 bits per heavy atom. The second-order valence-electron chi connectivity index (χ2n) is 19.0. The van der Waals surface area contributed by atoms with Crippen LogP contribution in [0.25, 0.3) is 0 Å². The van der Waals surface area contributed by atoms with Crippen LogP contribution in [0.1, 0.15) is 182 Å². The van der Waals surface area contributed by atoms with Crippen molar-refractivity contribution in [1.82, 2.24) is 0 Å². The first-order valence-corrected chi connectivity index (χ1v) is 22.5. The Balaban J connectivity index is 2.09. The van der Waals surface area contributed by atoms with Crippen LogP contribution >= 0.6 is 21.0 Å². The van der Waals surface area contributed by atoms with Crippen LogP contribution in [-0.2, 0) is 33.2 Å². The molecular weight excluding hydrogens is 637 g/mol. The average Bonchev–Trinajstić information content (AvgIpc) is 2.96. The molecular formula is C45H72O2S2. The molecule has 1 aliphatic carbocycles. The van der Waals surface area contributed by atoms with Gasteiger partial charge in [0.25, 0.3) is 0 Å². The van der Waals surface area contributed by atoms with Gasteiger partial charge in [0.2, 0.25) is 5.79 Å². The van der Waals surface area contributed by atoms with Gasteiger partial charge < -0.3 is 9.47 Å². The summed E-state index contributed by atoms with van der Waals surface area (Å²) in [5, 5.41) is 1.12. The molecule has 1 aliphatic heterocycles. The lowest BCUT2D eigenvalue weighted by Gasteiger charge is -2.37. The Kier molecular flexibility index (Phi) is 12.2. The van der Waals surface area contributed by atoms with E-state index in [1.807, 2.05) is 0 Å². The van der Waals surface area contributed by atoms with Gasteiger partial charge in [0.1, 0.15) is 11.5 Å². The third-order valence-electron chi connectivity index (χ3n) is 11.7. The summed E-state index contributed by atoms with van der Waals surface area (Å²) in [5.41, 5.74) is 7.88. The Labute approximate surface area is 307 Å². The van der Waals surface area contributed by atoms with Gasteiger partial charge >= 0.3 is 0 Å². The molecule has 2 aliphatic rings. The molecule has 276 valence electrons. The summed E-state index contributed by atoms with van der Waals surface area (Å²) in [4.78, 5) is 0. The molecule has 2 aromatic carbocycles. The maximum Gasteiger partial charge on any atom is 0.245 e. The molecule has 0 amide bonds. The van der Waals surface area contributed by atoms with Crippen LogP contribution in [-0.4, -0.2) is 28.0 Å². The van der Waals surface area contributed by atoms with E-state index in [1.54, 1.807) is 0 Å². The van der Waals surface area contributed by atoms with Crippen LogP contribution in [0, 0.1) is 0 Å². The van der Waals surface area contributed by atoms with E-state index in [1.165, 1.54) is 71.9 Å². The van der Waals surface area contributed by atoms with Crippen LogP contribution in [0.15, 0.2) is 24.3 Å². The number of hydrogen-bond donors (Lipinski definition) is 0. The second kappa shape index (κ2) is 14.8. The highest BCUT2D eigenvalue weighted by Gasteiger charge is 2.37.